The predicted molar refractivity (Wildman–Crippen MR) is 113 cm³/mol. The highest BCUT2D eigenvalue weighted by Crippen LogP contribution is 2.27. The van der Waals surface area contributed by atoms with E-state index < -0.39 is 0 Å². The lowest BCUT2D eigenvalue weighted by Gasteiger charge is -2.34. The number of ether oxygens (including phenoxy) is 1. The van der Waals surface area contributed by atoms with Crippen molar-refractivity contribution in [3.05, 3.63) is 30.1 Å². The van der Waals surface area contributed by atoms with E-state index in [2.05, 4.69) is 20.4 Å². The van der Waals surface area contributed by atoms with Gasteiger partial charge in [0.1, 0.15) is 5.75 Å². The molecular formula is C22H32N6O2. The van der Waals surface area contributed by atoms with Crippen LogP contribution in [-0.2, 0) is 11.3 Å². The highest BCUT2D eigenvalue weighted by molar-refractivity contribution is 5.76. The maximum atomic E-state index is 12.6. The zero-order valence-electron chi connectivity index (χ0n) is 17.9. The van der Waals surface area contributed by atoms with Gasteiger partial charge in [0.2, 0.25) is 5.91 Å². The van der Waals surface area contributed by atoms with Gasteiger partial charge in [0.25, 0.3) is 0 Å². The van der Waals surface area contributed by atoms with Crippen LogP contribution in [0.2, 0.25) is 0 Å². The Morgan fingerprint density at radius 3 is 2.50 bits per heavy atom. The molecule has 0 radical (unpaired) electrons. The highest BCUT2D eigenvalue weighted by atomic mass is 16.5. The van der Waals surface area contributed by atoms with Crippen LogP contribution in [0.1, 0.15) is 50.8 Å². The van der Waals surface area contributed by atoms with E-state index in [1.165, 1.54) is 32.1 Å². The molecule has 2 aromatic rings. The first kappa shape index (κ1) is 20.8. The molecule has 1 aromatic carbocycles. The minimum absolute atomic E-state index is 0.322. The monoisotopic (exact) mass is 412 g/mol. The van der Waals surface area contributed by atoms with Crippen LogP contribution in [0.25, 0.3) is 5.69 Å². The molecule has 0 bridgehead atoms. The number of rotatable bonds is 7. The smallest absolute Gasteiger partial charge is 0.222 e. The summed E-state index contributed by atoms with van der Waals surface area (Å²) in [6.45, 7) is 3.94. The Kier molecular flexibility index (Phi) is 6.94. The summed E-state index contributed by atoms with van der Waals surface area (Å²) in [7, 11) is 1.65. The first-order chi connectivity index (χ1) is 14.7. The number of benzene rings is 1. The molecule has 0 atom stereocenters. The molecule has 1 saturated carbocycles. The molecule has 0 unspecified atom stereocenters. The summed E-state index contributed by atoms with van der Waals surface area (Å²) in [6, 6.07) is 7.69. The van der Waals surface area contributed by atoms with Crippen molar-refractivity contribution in [3.63, 3.8) is 0 Å². The lowest BCUT2D eigenvalue weighted by Crippen LogP contribution is -2.48. The van der Waals surface area contributed by atoms with Crippen LogP contribution in [-0.4, -0.2) is 69.2 Å². The topological polar surface area (TPSA) is 76.4 Å². The third kappa shape index (κ3) is 5.16. The van der Waals surface area contributed by atoms with Gasteiger partial charge < -0.3 is 9.64 Å². The van der Waals surface area contributed by atoms with E-state index in [-0.39, 0.29) is 0 Å². The summed E-state index contributed by atoms with van der Waals surface area (Å²) in [6.07, 6.45) is 8.44. The number of nitrogens with zero attached hydrogens (tertiary/aromatic N) is 6. The van der Waals surface area contributed by atoms with Gasteiger partial charge in [-0.2, -0.15) is 4.68 Å². The molecule has 8 nitrogen and oxygen atoms in total. The number of carbonyl (C=O) groups excluding carboxylic acids is 1. The molecule has 1 aromatic heterocycles. The van der Waals surface area contributed by atoms with E-state index in [9.17, 15) is 4.79 Å². The van der Waals surface area contributed by atoms with E-state index in [4.69, 9.17) is 4.74 Å². The van der Waals surface area contributed by atoms with Crippen LogP contribution >= 0.6 is 0 Å². The molecule has 8 heteroatoms. The molecule has 1 aliphatic heterocycles. The molecule has 2 heterocycles. The largest absolute Gasteiger partial charge is 0.497 e. The highest BCUT2D eigenvalue weighted by Gasteiger charge is 2.24. The number of carbonyl (C=O) groups is 1. The van der Waals surface area contributed by atoms with Crippen LogP contribution < -0.4 is 4.74 Å². The zero-order valence-corrected chi connectivity index (χ0v) is 17.9. The molecule has 1 saturated heterocycles. The average molecular weight is 413 g/mol. The Morgan fingerprint density at radius 1 is 1.07 bits per heavy atom. The fourth-order valence-corrected chi connectivity index (χ4v) is 4.55. The number of piperazine rings is 1. The van der Waals surface area contributed by atoms with Gasteiger partial charge in [-0.25, -0.2) is 0 Å². The number of amides is 1. The second-order valence-corrected chi connectivity index (χ2v) is 8.40. The van der Waals surface area contributed by atoms with Crippen molar-refractivity contribution >= 4 is 5.91 Å². The molecule has 2 fully saturated rings. The fourth-order valence-electron chi connectivity index (χ4n) is 4.55. The van der Waals surface area contributed by atoms with Crippen LogP contribution in [0.15, 0.2) is 24.3 Å². The van der Waals surface area contributed by atoms with E-state index in [0.717, 1.165) is 55.8 Å². The minimum Gasteiger partial charge on any atom is -0.497 e. The van der Waals surface area contributed by atoms with Crippen molar-refractivity contribution in [1.29, 1.82) is 0 Å². The van der Waals surface area contributed by atoms with Crippen molar-refractivity contribution < 1.29 is 9.53 Å². The van der Waals surface area contributed by atoms with E-state index in [1.54, 1.807) is 11.8 Å². The Morgan fingerprint density at radius 2 is 1.80 bits per heavy atom. The van der Waals surface area contributed by atoms with Gasteiger partial charge in [-0.05, 0) is 47.0 Å². The Balaban J connectivity index is 1.26. The number of hydrogen-bond acceptors (Lipinski definition) is 6. The third-order valence-corrected chi connectivity index (χ3v) is 6.43. The Labute approximate surface area is 178 Å². The van der Waals surface area contributed by atoms with Gasteiger partial charge in [0.15, 0.2) is 5.82 Å². The molecule has 30 heavy (non-hydrogen) atoms. The van der Waals surface area contributed by atoms with Gasteiger partial charge in [0, 0.05) is 32.6 Å². The molecule has 4 rings (SSSR count). The third-order valence-electron chi connectivity index (χ3n) is 6.43. The number of methoxy groups -OCH3 is 1. The summed E-state index contributed by atoms with van der Waals surface area (Å²) >= 11 is 0. The predicted octanol–water partition coefficient (Wildman–Crippen LogP) is 2.68. The normalized spacial score (nSPS) is 18.5. The van der Waals surface area contributed by atoms with Crippen molar-refractivity contribution in [2.45, 2.75) is 51.5 Å². The number of aromatic nitrogens is 4. The standard InChI is InChI=1S/C22H32N6O2/c1-30-20-10-8-19(9-11-20)28-21(23-24-25-28)17-26-13-15-27(16-14-26)22(29)12-7-18-5-3-2-4-6-18/h8-11,18H,2-7,12-17H2,1H3. The molecule has 162 valence electrons. The van der Waals surface area contributed by atoms with Crippen LogP contribution in [0, 0.1) is 5.92 Å². The van der Waals surface area contributed by atoms with E-state index >= 15 is 0 Å². The van der Waals surface area contributed by atoms with Gasteiger partial charge in [-0.1, -0.05) is 32.1 Å². The second kappa shape index (κ2) is 10.0. The second-order valence-electron chi connectivity index (χ2n) is 8.40. The molecule has 1 aliphatic carbocycles. The molecule has 2 aliphatic rings. The van der Waals surface area contributed by atoms with Gasteiger partial charge >= 0.3 is 0 Å². The number of hydrogen-bond donors (Lipinski definition) is 0. The summed E-state index contributed by atoms with van der Waals surface area (Å²) in [4.78, 5) is 17.0. The van der Waals surface area contributed by atoms with Gasteiger partial charge in [-0.15, -0.1) is 5.10 Å². The van der Waals surface area contributed by atoms with E-state index in [1.807, 2.05) is 29.2 Å². The van der Waals surface area contributed by atoms with Crippen LogP contribution in [0.4, 0.5) is 0 Å². The molecular weight excluding hydrogens is 380 g/mol. The average Bonchev–Trinajstić information content (AvgIpc) is 3.27. The van der Waals surface area contributed by atoms with Crippen molar-refractivity contribution in [2.24, 2.45) is 5.92 Å². The summed E-state index contributed by atoms with van der Waals surface area (Å²) < 4.78 is 6.98. The Hall–Kier alpha value is -2.48. The SMILES string of the molecule is COc1ccc(-n2nnnc2CN2CCN(C(=O)CCC3CCCCC3)CC2)cc1. The first-order valence-electron chi connectivity index (χ1n) is 11.1. The van der Waals surface area contributed by atoms with E-state index in [0.29, 0.717) is 18.9 Å². The van der Waals surface area contributed by atoms with Crippen molar-refractivity contribution in [2.75, 3.05) is 33.3 Å². The van der Waals surface area contributed by atoms with Gasteiger partial charge in [0.05, 0.1) is 19.3 Å². The maximum absolute atomic E-state index is 12.6. The van der Waals surface area contributed by atoms with Gasteiger partial charge in [-0.3, -0.25) is 9.69 Å². The van der Waals surface area contributed by atoms with Crippen LogP contribution in [0.3, 0.4) is 0 Å². The Bertz CT molecular complexity index is 807. The molecule has 1 amide bonds. The maximum Gasteiger partial charge on any atom is 0.222 e. The first-order valence-corrected chi connectivity index (χ1v) is 11.1. The quantitative estimate of drug-likeness (QED) is 0.696. The minimum atomic E-state index is 0.322. The summed E-state index contributed by atoms with van der Waals surface area (Å²) in [5.74, 6) is 2.69. The van der Waals surface area contributed by atoms with Crippen LogP contribution in [0.5, 0.6) is 5.75 Å². The zero-order chi connectivity index (χ0) is 20.8. The number of tetrazole rings is 1. The van der Waals surface area contributed by atoms with Crippen molar-refractivity contribution in [1.82, 2.24) is 30.0 Å². The summed E-state index contributed by atoms with van der Waals surface area (Å²) in [5, 5.41) is 12.2. The summed E-state index contributed by atoms with van der Waals surface area (Å²) in [5.41, 5.74) is 0.910. The lowest BCUT2D eigenvalue weighted by atomic mass is 9.86. The fraction of sp³-hybridized carbons (Fsp3) is 0.636. The molecule has 0 spiro atoms. The molecule has 0 N–H and O–H groups in total. The lowest BCUT2D eigenvalue weighted by molar-refractivity contribution is -0.133. The van der Waals surface area contributed by atoms with Crippen molar-refractivity contribution in [3.8, 4) is 11.4 Å².